The molecule has 0 radical (unpaired) electrons. The van der Waals surface area contributed by atoms with Crippen LogP contribution in [-0.4, -0.2) is 66.6 Å². The first-order valence-corrected chi connectivity index (χ1v) is 11.7. The summed E-state index contributed by atoms with van der Waals surface area (Å²) < 4.78 is 5.81. The zero-order valence-corrected chi connectivity index (χ0v) is 20.3. The molecular weight excluding hydrogens is 436 g/mol. The van der Waals surface area contributed by atoms with E-state index in [4.69, 9.17) is 17.0 Å². The van der Waals surface area contributed by atoms with Gasteiger partial charge in [0.1, 0.15) is 5.75 Å². The van der Waals surface area contributed by atoms with Gasteiger partial charge in [-0.3, -0.25) is 14.9 Å². The lowest BCUT2D eigenvalue weighted by atomic mass is 10.1. The molecule has 1 aliphatic rings. The summed E-state index contributed by atoms with van der Waals surface area (Å²) in [6.07, 6.45) is 0.902. The number of carbonyl (C=O) groups is 2. The van der Waals surface area contributed by atoms with E-state index in [0.717, 1.165) is 19.5 Å². The maximum atomic E-state index is 12.8. The molecule has 0 unspecified atom stereocenters. The summed E-state index contributed by atoms with van der Waals surface area (Å²) in [7, 11) is 2.05. The van der Waals surface area contributed by atoms with E-state index in [2.05, 4.69) is 36.4 Å². The van der Waals surface area contributed by atoms with E-state index in [1.165, 1.54) is 0 Å². The van der Waals surface area contributed by atoms with Crippen molar-refractivity contribution in [2.75, 3.05) is 45.2 Å². The van der Waals surface area contributed by atoms with Crippen LogP contribution >= 0.6 is 12.2 Å². The monoisotopic (exact) mass is 468 g/mol. The van der Waals surface area contributed by atoms with E-state index >= 15 is 0 Å². The summed E-state index contributed by atoms with van der Waals surface area (Å²) in [4.78, 5) is 29.7. The standard InChI is InChI=1S/C25H32N4O3S/c1-18(2)11-16-32-22-10-5-4-9-21(22)23(30)27-25(33)26-20-8-6-7-19(17-20)24(31)29-14-12-28(3)13-15-29/h4-10,17-18H,11-16H2,1-3H3,(H2,26,27,30,33). The van der Waals surface area contributed by atoms with E-state index in [1.54, 1.807) is 36.4 Å². The highest BCUT2D eigenvalue weighted by atomic mass is 32.1. The van der Waals surface area contributed by atoms with Crippen molar-refractivity contribution in [1.82, 2.24) is 15.1 Å². The van der Waals surface area contributed by atoms with E-state index in [9.17, 15) is 9.59 Å². The number of benzene rings is 2. The highest BCUT2D eigenvalue weighted by Crippen LogP contribution is 2.19. The van der Waals surface area contributed by atoms with Crippen molar-refractivity contribution in [3.63, 3.8) is 0 Å². The highest BCUT2D eigenvalue weighted by Gasteiger charge is 2.20. The number of hydrogen-bond acceptors (Lipinski definition) is 5. The molecule has 0 aliphatic carbocycles. The number of para-hydroxylation sites is 1. The van der Waals surface area contributed by atoms with Crippen LogP contribution in [0.25, 0.3) is 0 Å². The lowest BCUT2D eigenvalue weighted by Gasteiger charge is -2.32. The average molecular weight is 469 g/mol. The molecule has 2 N–H and O–H groups in total. The first-order chi connectivity index (χ1) is 15.8. The molecule has 7 nitrogen and oxygen atoms in total. The number of rotatable bonds is 7. The van der Waals surface area contributed by atoms with Gasteiger partial charge in [0, 0.05) is 37.4 Å². The molecule has 0 atom stereocenters. The molecule has 1 aliphatic heterocycles. The Bertz CT molecular complexity index is 987. The third-order valence-corrected chi connectivity index (χ3v) is 5.67. The molecule has 2 amide bonds. The molecule has 0 aromatic heterocycles. The smallest absolute Gasteiger partial charge is 0.261 e. The van der Waals surface area contributed by atoms with E-state index < -0.39 is 0 Å². The van der Waals surface area contributed by atoms with Gasteiger partial charge in [0.15, 0.2) is 5.11 Å². The molecule has 1 saturated heterocycles. The third kappa shape index (κ3) is 7.27. The zero-order chi connectivity index (χ0) is 23.8. The first-order valence-electron chi connectivity index (χ1n) is 11.3. The van der Waals surface area contributed by atoms with Crippen LogP contribution in [0.3, 0.4) is 0 Å². The topological polar surface area (TPSA) is 73.9 Å². The van der Waals surface area contributed by atoms with Gasteiger partial charge in [0.2, 0.25) is 0 Å². The molecule has 0 bridgehead atoms. The number of hydrogen-bond donors (Lipinski definition) is 2. The second-order valence-electron chi connectivity index (χ2n) is 8.61. The van der Waals surface area contributed by atoms with Crippen molar-refractivity contribution in [1.29, 1.82) is 0 Å². The number of thiocarbonyl (C=S) groups is 1. The maximum absolute atomic E-state index is 12.8. The summed E-state index contributed by atoms with van der Waals surface area (Å²) in [6.45, 7) is 7.93. The number of ether oxygens (including phenoxy) is 1. The number of anilines is 1. The summed E-state index contributed by atoms with van der Waals surface area (Å²) in [5.41, 5.74) is 1.65. The Morgan fingerprint density at radius 3 is 2.52 bits per heavy atom. The van der Waals surface area contributed by atoms with Crippen molar-refractivity contribution in [2.24, 2.45) is 5.92 Å². The number of piperazine rings is 1. The van der Waals surface area contributed by atoms with Gasteiger partial charge in [-0.05, 0) is 61.9 Å². The van der Waals surface area contributed by atoms with Crippen LogP contribution in [-0.2, 0) is 0 Å². The fraction of sp³-hybridized carbons (Fsp3) is 0.400. The minimum Gasteiger partial charge on any atom is -0.493 e. The molecule has 0 spiro atoms. The zero-order valence-electron chi connectivity index (χ0n) is 19.5. The Morgan fingerprint density at radius 1 is 1.06 bits per heavy atom. The predicted octanol–water partition coefficient (Wildman–Crippen LogP) is 3.63. The normalized spacial score (nSPS) is 14.1. The molecule has 8 heteroatoms. The van der Waals surface area contributed by atoms with Crippen LogP contribution in [0, 0.1) is 5.92 Å². The molecule has 176 valence electrons. The lowest BCUT2D eigenvalue weighted by molar-refractivity contribution is 0.0664. The lowest BCUT2D eigenvalue weighted by Crippen LogP contribution is -2.47. The third-order valence-electron chi connectivity index (χ3n) is 5.47. The Labute approximate surface area is 201 Å². The Kier molecular flexibility index (Phi) is 8.79. The number of likely N-dealkylation sites (N-methyl/N-ethyl adjacent to an activating group) is 1. The molecule has 1 heterocycles. The molecule has 2 aromatic carbocycles. The molecular formula is C25H32N4O3S. The highest BCUT2D eigenvalue weighted by molar-refractivity contribution is 7.80. The average Bonchev–Trinajstić information content (AvgIpc) is 2.79. The Morgan fingerprint density at radius 2 is 1.79 bits per heavy atom. The van der Waals surface area contributed by atoms with Crippen LogP contribution in [0.15, 0.2) is 48.5 Å². The van der Waals surface area contributed by atoms with Gasteiger partial charge in [-0.25, -0.2) is 0 Å². The first kappa shape index (κ1) is 24.7. The summed E-state index contributed by atoms with van der Waals surface area (Å²) in [5, 5.41) is 5.86. The van der Waals surface area contributed by atoms with Crippen LogP contribution in [0.2, 0.25) is 0 Å². The molecule has 3 rings (SSSR count). The summed E-state index contributed by atoms with van der Waals surface area (Å²) >= 11 is 5.34. The molecule has 33 heavy (non-hydrogen) atoms. The number of carbonyl (C=O) groups excluding carboxylic acids is 2. The van der Waals surface area contributed by atoms with Crippen molar-refractivity contribution >= 4 is 34.8 Å². The second kappa shape index (κ2) is 11.8. The predicted molar refractivity (Wildman–Crippen MR) is 135 cm³/mol. The fourth-order valence-electron chi connectivity index (χ4n) is 3.44. The Hall–Kier alpha value is -2.97. The van der Waals surface area contributed by atoms with E-state index in [-0.39, 0.29) is 16.9 Å². The minimum atomic E-state index is -0.350. The maximum Gasteiger partial charge on any atom is 0.261 e. The summed E-state index contributed by atoms with van der Waals surface area (Å²) in [6, 6.07) is 14.3. The van der Waals surface area contributed by atoms with Crippen LogP contribution in [0.5, 0.6) is 5.75 Å². The molecule has 1 fully saturated rings. The quantitative estimate of drug-likeness (QED) is 0.605. The fourth-order valence-corrected chi connectivity index (χ4v) is 3.65. The van der Waals surface area contributed by atoms with Gasteiger partial charge in [-0.15, -0.1) is 0 Å². The van der Waals surface area contributed by atoms with Gasteiger partial charge >= 0.3 is 0 Å². The molecule has 2 aromatic rings. The van der Waals surface area contributed by atoms with Crippen molar-refractivity contribution in [3.8, 4) is 5.75 Å². The van der Waals surface area contributed by atoms with E-state index in [1.807, 2.05) is 17.0 Å². The number of amides is 2. The van der Waals surface area contributed by atoms with Gasteiger partial charge in [0.25, 0.3) is 11.8 Å². The van der Waals surface area contributed by atoms with Crippen LogP contribution in [0.4, 0.5) is 5.69 Å². The largest absolute Gasteiger partial charge is 0.493 e. The second-order valence-corrected chi connectivity index (χ2v) is 9.02. The van der Waals surface area contributed by atoms with Gasteiger partial charge < -0.3 is 19.9 Å². The molecule has 0 saturated carbocycles. The number of nitrogens with zero attached hydrogens (tertiary/aromatic N) is 2. The van der Waals surface area contributed by atoms with Crippen LogP contribution < -0.4 is 15.4 Å². The van der Waals surface area contributed by atoms with Crippen molar-refractivity contribution < 1.29 is 14.3 Å². The van der Waals surface area contributed by atoms with Crippen molar-refractivity contribution in [2.45, 2.75) is 20.3 Å². The Balaban J connectivity index is 1.59. The minimum absolute atomic E-state index is 0.00539. The number of nitrogens with one attached hydrogen (secondary N) is 2. The van der Waals surface area contributed by atoms with Gasteiger partial charge in [-0.1, -0.05) is 32.0 Å². The van der Waals surface area contributed by atoms with Crippen molar-refractivity contribution in [3.05, 3.63) is 59.7 Å². The van der Waals surface area contributed by atoms with Crippen LogP contribution in [0.1, 0.15) is 41.0 Å². The van der Waals surface area contributed by atoms with Gasteiger partial charge in [0.05, 0.1) is 12.2 Å². The van der Waals surface area contributed by atoms with E-state index in [0.29, 0.717) is 48.2 Å². The summed E-state index contributed by atoms with van der Waals surface area (Å²) in [5.74, 6) is 0.686. The SMILES string of the molecule is CC(C)CCOc1ccccc1C(=O)NC(=S)Nc1cccc(C(=O)N2CCN(C)CC2)c1. The van der Waals surface area contributed by atoms with Gasteiger partial charge in [-0.2, -0.15) is 0 Å².